The van der Waals surface area contributed by atoms with Crippen molar-refractivity contribution in [3.8, 4) is 0 Å². The number of nitrogens with one attached hydrogen (secondary N) is 2. The van der Waals surface area contributed by atoms with Gasteiger partial charge in [0, 0.05) is 37.1 Å². The molecule has 1 aliphatic heterocycles. The van der Waals surface area contributed by atoms with E-state index < -0.39 is 35.3 Å². The number of ether oxygens (including phenoxy) is 3. The van der Waals surface area contributed by atoms with E-state index >= 15 is 0 Å². The van der Waals surface area contributed by atoms with Crippen molar-refractivity contribution < 1.29 is 47.8 Å². The molecule has 1 heterocycles. The second-order valence-electron chi connectivity index (χ2n) is 7.75. The first kappa shape index (κ1) is 28.1. The van der Waals surface area contributed by atoms with Crippen LogP contribution in [0.5, 0.6) is 0 Å². The Labute approximate surface area is 194 Å². The highest BCUT2D eigenvalue weighted by Gasteiger charge is 2.44. The third-order valence-corrected chi connectivity index (χ3v) is 5.31. The van der Waals surface area contributed by atoms with Gasteiger partial charge in [-0.3, -0.25) is 24.0 Å². The van der Waals surface area contributed by atoms with Crippen molar-refractivity contribution in [3.05, 3.63) is 0 Å². The van der Waals surface area contributed by atoms with E-state index in [-0.39, 0.29) is 67.9 Å². The summed E-state index contributed by atoms with van der Waals surface area (Å²) in [4.78, 5) is 81.4. The molecule has 0 radical (unpaired) electrons. The number of esters is 3. The van der Waals surface area contributed by atoms with Gasteiger partial charge in [-0.05, 0) is 0 Å². The van der Waals surface area contributed by atoms with Crippen LogP contribution in [0, 0.1) is 5.41 Å². The van der Waals surface area contributed by atoms with Gasteiger partial charge >= 0.3 is 17.9 Å². The van der Waals surface area contributed by atoms with E-state index in [1.165, 1.54) is 7.11 Å². The Bertz CT molecular complexity index is 796. The number of thioether (sulfide) groups is 1. The lowest BCUT2D eigenvalue weighted by Crippen LogP contribution is -2.47. The van der Waals surface area contributed by atoms with Crippen LogP contribution in [0.1, 0.15) is 39.5 Å². The molecule has 12 nitrogen and oxygen atoms in total. The summed E-state index contributed by atoms with van der Waals surface area (Å²) in [5, 5.41) is 4.69. The maximum absolute atomic E-state index is 12.3. The third-order valence-electron chi connectivity index (χ3n) is 4.43. The molecule has 0 aromatic heterocycles. The average molecular weight is 489 g/mol. The molecule has 1 saturated heterocycles. The van der Waals surface area contributed by atoms with Gasteiger partial charge in [0.15, 0.2) is 11.2 Å². The minimum absolute atomic E-state index is 0.0373. The molecule has 184 valence electrons. The second kappa shape index (κ2) is 13.6. The number of rotatable bonds is 12. The van der Waals surface area contributed by atoms with E-state index in [4.69, 9.17) is 9.47 Å². The molecule has 2 N–H and O–H groups in total. The lowest BCUT2D eigenvalue weighted by Gasteiger charge is -2.28. The number of carbonyl (C=O) groups excluding carboxylic acids is 7. The zero-order valence-corrected chi connectivity index (χ0v) is 19.5. The monoisotopic (exact) mass is 488 g/mol. The molecule has 1 atom stereocenters. The fraction of sp³-hybridized carbons (Fsp3) is 0.650. The molecular weight excluding hydrogens is 460 g/mol. The first-order valence-electron chi connectivity index (χ1n) is 10.1. The molecule has 0 saturated carbocycles. The smallest absolute Gasteiger partial charge is 0.418 e. The highest BCUT2D eigenvalue weighted by Crippen LogP contribution is 2.27. The van der Waals surface area contributed by atoms with E-state index in [1.807, 2.05) is 0 Å². The van der Waals surface area contributed by atoms with Crippen LogP contribution in [0.2, 0.25) is 0 Å². The second-order valence-corrected chi connectivity index (χ2v) is 8.91. The summed E-state index contributed by atoms with van der Waals surface area (Å²) < 4.78 is 14.1. The van der Waals surface area contributed by atoms with Gasteiger partial charge in [0.2, 0.25) is 5.91 Å². The van der Waals surface area contributed by atoms with Crippen molar-refractivity contribution >= 4 is 52.4 Å². The average Bonchev–Trinajstić information content (AvgIpc) is 2.86. The maximum Gasteiger partial charge on any atom is 0.418 e. The number of methoxy groups -OCH3 is 1. The Morgan fingerprint density at radius 1 is 1.03 bits per heavy atom. The molecule has 1 fully saturated rings. The molecule has 33 heavy (non-hydrogen) atoms. The molecule has 2 amide bonds. The quantitative estimate of drug-likeness (QED) is 0.117. The number of hydrogen-bond donors (Lipinski definition) is 2. The Kier molecular flexibility index (Phi) is 11.5. The van der Waals surface area contributed by atoms with Gasteiger partial charge in [-0.25, -0.2) is 9.59 Å². The zero-order valence-electron chi connectivity index (χ0n) is 18.7. The van der Waals surface area contributed by atoms with Crippen molar-refractivity contribution in [3.63, 3.8) is 0 Å². The Hall–Kier alpha value is -2.96. The number of hydrogen-bond acceptors (Lipinski definition) is 11. The van der Waals surface area contributed by atoms with E-state index in [2.05, 4.69) is 15.4 Å². The van der Waals surface area contributed by atoms with E-state index in [9.17, 15) is 33.6 Å². The third kappa shape index (κ3) is 10.5. The van der Waals surface area contributed by atoms with E-state index in [0.29, 0.717) is 0 Å². The van der Waals surface area contributed by atoms with Gasteiger partial charge in [0.05, 0.1) is 20.0 Å². The van der Waals surface area contributed by atoms with Crippen molar-refractivity contribution in [2.24, 2.45) is 5.41 Å². The lowest BCUT2D eigenvalue weighted by atomic mass is 9.87. The van der Waals surface area contributed by atoms with Crippen molar-refractivity contribution in [1.29, 1.82) is 0 Å². The Morgan fingerprint density at radius 2 is 1.73 bits per heavy atom. The highest BCUT2D eigenvalue weighted by molar-refractivity contribution is 8.13. The molecule has 1 aliphatic rings. The Balaban J connectivity index is 2.24. The SMILES string of the molecule is COC(=O)CCC(=O)CC(=O)SCCNC(=O)CCNC(=O)[C@@H]1OC(=O)C(=O)OCC1(C)C. The molecule has 1 rings (SSSR count). The summed E-state index contributed by atoms with van der Waals surface area (Å²) in [6, 6.07) is 0. The molecule has 0 aromatic carbocycles. The summed E-state index contributed by atoms with van der Waals surface area (Å²) in [5.74, 6) is -4.09. The van der Waals surface area contributed by atoms with Gasteiger partial charge in [-0.2, -0.15) is 0 Å². The van der Waals surface area contributed by atoms with Crippen LogP contribution in [-0.2, 0) is 47.8 Å². The summed E-state index contributed by atoms with van der Waals surface area (Å²) >= 11 is 0.888. The van der Waals surface area contributed by atoms with Crippen molar-refractivity contribution in [2.75, 3.05) is 32.6 Å². The molecule has 13 heteroatoms. The molecule has 0 aromatic rings. The molecular formula is C20H28N2O10S. The standard InChI is InChI=1S/C20H28N2O10S/c1-20(2)11-31-18(28)19(29)32-16(20)17(27)22-7-6-13(24)21-8-9-33-15(26)10-12(23)4-5-14(25)30-3/h16H,4-11H2,1-3H3,(H,21,24)(H,22,27)/t16-/m0/s1. The summed E-state index contributed by atoms with van der Waals surface area (Å²) in [5.41, 5.74) is -0.946. The van der Waals surface area contributed by atoms with Gasteiger partial charge in [-0.1, -0.05) is 25.6 Å². The van der Waals surface area contributed by atoms with Crippen LogP contribution >= 0.6 is 11.8 Å². The van der Waals surface area contributed by atoms with Crippen LogP contribution in [-0.4, -0.2) is 79.3 Å². The molecule has 0 aliphatic carbocycles. The van der Waals surface area contributed by atoms with Crippen LogP contribution in [0.15, 0.2) is 0 Å². The minimum atomic E-state index is -1.25. The van der Waals surface area contributed by atoms with Crippen LogP contribution in [0.25, 0.3) is 0 Å². The fourth-order valence-corrected chi connectivity index (χ4v) is 3.28. The Morgan fingerprint density at radius 3 is 2.39 bits per heavy atom. The molecule has 0 bridgehead atoms. The van der Waals surface area contributed by atoms with E-state index in [1.54, 1.807) is 13.8 Å². The van der Waals surface area contributed by atoms with Gasteiger partial charge < -0.3 is 24.8 Å². The molecule has 0 spiro atoms. The predicted octanol–water partition coefficient (Wildman–Crippen LogP) is -0.724. The van der Waals surface area contributed by atoms with Crippen LogP contribution < -0.4 is 10.6 Å². The summed E-state index contributed by atoms with van der Waals surface area (Å²) in [6.45, 7) is 3.16. The number of carbonyl (C=O) groups is 7. The maximum atomic E-state index is 12.3. The first-order valence-corrected chi connectivity index (χ1v) is 11.1. The van der Waals surface area contributed by atoms with Gasteiger partial charge in [0.25, 0.3) is 5.91 Å². The van der Waals surface area contributed by atoms with Crippen LogP contribution in [0.4, 0.5) is 0 Å². The summed E-state index contributed by atoms with van der Waals surface area (Å²) in [7, 11) is 1.21. The van der Waals surface area contributed by atoms with E-state index in [0.717, 1.165) is 11.8 Å². The van der Waals surface area contributed by atoms with Crippen molar-refractivity contribution in [2.45, 2.75) is 45.6 Å². The highest BCUT2D eigenvalue weighted by atomic mass is 32.2. The largest absolute Gasteiger partial charge is 0.469 e. The number of cyclic esters (lactones) is 2. The topological polar surface area (TPSA) is 171 Å². The minimum Gasteiger partial charge on any atom is -0.469 e. The van der Waals surface area contributed by atoms with Crippen LogP contribution in [0.3, 0.4) is 0 Å². The van der Waals surface area contributed by atoms with Gasteiger partial charge in [-0.15, -0.1) is 0 Å². The van der Waals surface area contributed by atoms with Crippen molar-refractivity contribution in [1.82, 2.24) is 10.6 Å². The fourth-order valence-electron chi connectivity index (χ4n) is 2.59. The normalized spacial score (nSPS) is 17.1. The number of amides is 2. The first-order chi connectivity index (χ1) is 15.5. The molecule has 0 unspecified atom stereocenters. The predicted molar refractivity (Wildman–Crippen MR) is 114 cm³/mol. The number of Topliss-reactive ketones (excluding diaryl/α,β-unsaturated/α-hetero) is 1. The summed E-state index contributed by atoms with van der Waals surface area (Å²) in [6.07, 6.45) is -1.76. The number of ketones is 1. The lowest BCUT2D eigenvalue weighted by molar-refractivity contribution is -0.168. The zero-order chi connectivity index (χ0) is 25.0. The van der Waals surface area contributed by atoms with Gasteiger partial charge in [0.1, 0.15) is 12.4 Å².